The summed E-state index contributed by atoms with van der Waals surface area (Å²) in [6.45, 7) is 0.454. The molecule has 0 saturated heterocycles. The van der Waals surface area contributed by atoms with E-state index in [0.717, 1.165) is 11.3 Å². The number of anilines is 1. The average molecular weight is 295 g/mol. The minimum absolute atomic E-state index is 0.215. The summed E-state index contributed by atoms with van der Waals surface area (Å²) in [5, 5.41) is 0. The molecule has 1 aliphatic carbocycles. The fourth-order valence-electron chi connectivity index (χ4n) is 2.81. The number of fused-ring (bicyclic) bond motifs is 2. The molecule has 114 valence electrons. The third-order valence-corrected chi connectivity index (χ3v) is 3.97. The van der Waals surface area contributed by atoms with Gasteiger partial charge in [0.25, 0.3) is 6.02 Å². The van der Waals surface area contributed by atoms with Gasteiger partial charge in [-0.25, -0.2) is 0 Å². The number of aliphatic imine (C=N–C) groups is 1. The third kappa shape index (κ3) is 3.39. The molecule has 4 rings (SSSR count). The first kappa shape index (κ1) is 14.4. The van der Waals surface area contributed by atoms with Crippen LogP contribution < -0.4 is 11.5 Å². The molecule has 2 aromatic rings. The first-order chi connectivity index (χ1) is 10.7. The number of hydrogen-bond donors (Lipinski definition) is 2. The van der Waals surface area contributed by atoms with E-state index in [0.29, 0.717) is 12.3 Å². The van der Waals surface area contributed by atoms with E-state index in [1.807, 2.05) is 12.1 Å². The Balaban J connectivity index is 0.000000133. The van der Waals surface area contributed by atoms with Crippen molar-refractivity contribution in [3.05, 3.63) is 59.2 Å². The Morgan fingerprint density at radius 3 is 2.23 bits per heavy atom. The number of ether oxygens (including phenoxy) is 1. The molecule has 22 heavy (non-hydrogen) atoms. The van der Waals surface area contributed by atoms with E-state index in [2.05, 4.69) is 29.3 Å². The number of hydrogen-bond acceptors (Lipinski definition) is 4. The van der Waals surface area contributed by atoms with Gasteiger partial charge in [0.15, 0.2) is 0 Å². The normalized spacial score (nSPS) is 15.4. The highest BCUT2D eigenvalue weighted by Gasteiger charge is 2.09. The molecule has 2 aromatic carbocycles. The highest BCUT2D eigenvalue weighted by atomic mass is 16.5. The van der Waals surface area contributed by atoms with Crippen LogP contribution in [0.15, 0.2) is 47.5 Å². The predicted molar refractivity (Wildman–Crippen MR) is 90.0 cm³/mol. The maximum atomic E-state index is 5.58. The molecule has 2 aliphatic rings. The summed E-state index contributed by atoms with van der Waals surface area (Å²) in [6, 6.07) is 14.5. The maximum absolute atomic E-state index is 5.58. The van der Waals surface area contributed by atoms with Crippen LogP contribution in [-0.4, -0.2) is 6.02 Å². The Hall–Kier alpha value is -2.49. The van der Waals surface area contributed by atoms with Gasteiger partial charge < -0.3 is 16.2 Å². The smallest absolute Gasteiger partial charge is 0.287 e. The van der Waals surface area contributed by atoms with Crippen LogP contribution >= 0.6 is 0 Å². The molecule has 1 heterocycles. The Morgan fingerprint density at radius 1 is 0.864 bits per heavy atom. The zero-order valence-corrected chi connectivity index (χ0v) is 12.6. The van der Waals surface area contributed by atoms with Crippen LogP contribution in [0.3, 0.4) is 0 Å². The molecule has 0 radical (unpaired) electrons. The van der Waals surface area contributed by atoms with Crippen LogP contribution in [0, 0.1) is 0 Å². The third-order valence-electron chi connectivity index (χ3n) is 3.97. The number of benzene rings is 2. The van der Waals surface area contributed by atoms with Crippen molar-refractivity contribution in [3.63, 3.8) is 0 Å². The van der Waals surface area contributed by atoms with E-state index in [1.54, 1.807) is 17.2 Å². The summed E-state index contributed by atoms with van der Waals surface area (Å²) < 4.78 is 5.03. The molecular weight excluding hydrogens is 274 g/mol. The number of nitrogens with zero attached hydrogens (tertiary/aromatic N) is 1. The molecule has 0 aromatic heterocycles. The summed E-state index contributed by atoms with van der Waals surface area (Å²) >= 11 is 0. The standard InChI is InChI=1S/C10H12.C8H9N3O/c1-2-6-10-8-4-3-7-9(10)5-1;9-6-1-2-7-5(3-6)4-12-8(10)11-7/h1-2,5-6H,3-4,7-8H2;1-3H,4,9H2,(H2,10,11). The molecule has 4 nitrogen and oxygen atoms in total. The van der Waals surface area contributed by atoms with Gasteiger partial charge in [0.05, 0.1) is 5.69 Å². The minimum atomic E-state index is 0.215. The fraction of sp³-hybridized carbons (Fsp3) is 0.278. The first-order valence-electron chi connectivity index (χ1n) is 7.64. The van der Waals surface area contributed by atoms with Crippen molar-refractivity contribution < 1.29 is 4.74 Å². The van der Waals surface area contributed by atoms with Crippen molar-refractivity contribution in [1.29, 1.82) is 0 Å². The first-order valence-corrected chi connectivity index (χ1v) is 7.64. The molecule has 4 N–H and O–H groups in total. The summed E-state index contributed by atoms with van der Waals surface area (Å²) in [5.41, 5.74) is 16.7. The van der Waals surface area contributed by atoms with Gasteiger partial charge in [-0.1, -0.05) is 24.3 Å². The van der Waals surface area contributed by atoms with Crippen molar-refractivity contribution in [1.82, 2.24) is 0 Å². The zero-order chi connectivity index (χ0) is 15.4. The van der Waals surface area contributed by atoms with Crippen LogP contribution in [-0.2, 0) is 24.2 Å². The van der Waals surface area contributed by atoms with Gasteiger partial charge in [0.2, 0.25) is 0 Å². The van der Waals surface area contributed by atoms with Crippen molar-refractivity contribution in [2.75, 3.05) is 5.73 Å². The Kier molecular flexibility index (Phi) is 4.28. The number of aryl methyl sites for hydroxylation is 2. The number of nitrogens with two attached hydrogens (primary N) is 2. The topological polar surface area (TPSA) is 73.6 Å². The lowest BCUT2D eigenvalue weighted by atomic mass is 9.92. The van der Waals surface area contributed by atoms with Crippen LogP contribution in [0.4, 0.5) is 11.4 Å². The number of nitrogen functional groups attached to an aromatic ring is 1. The van der Waals surface area contributed by atoms with Gasteiger partial charge in [-0.05, 0) is 55.0 Å². The lowest BCUT2D eigenvalue weighted by molar-refractivity contribution is 0.282. The summed E-state index contributed by atoms with van der Waals surface area (Å²) in [7, 11) is 0. The highest BCUT2D eigenvalue weighted by Crippen LogP contribution is 2.25. The van der Waals surface area contributed by atoms with Gasteiger partial charge >= 0.3 is 0 Å². The second-order valence-corrected chi connectivity index (χ2v) is 5.60. The molecule has 0 fully saturated rings. The van der Waals surface area contributed by atoms with Crippen LogP contribution in [0.1, 0.15) is 29.5 Å². The van der Waals surface area contributed by atoms with E-state index < -0.39 is 0 Å². The Labute approximate surface area is 130 Å². The van der Waals surface area contributed by atoms with Crippen LogP contribution in [0.5, 0.6) is 0 Å². The highest BCUT2D eigenvalue weighted by molar-refractivity contribution is 5.78. The quantitative estimate of drug-likeness (QED) is 0.732. The van der Waals surface area contributed by atoms with Crippen molar-refractivity contribution >= 4 is 17.4 Å². The second-order valence-electron chi connectivity index (χ2n) is 5.60. The summed E-state index contributed by atoms with van der Waals surface area (Å²) in [6.07, 6.45) is 5.38. The van der Waals surface area contributed by atoms with Crippen molar-refractivity contribution in [2.24, 2.45) is 10.7 Å². The van der Waals surface area contributed by atoms with Crippen molar-refractivity contribution in [2.45, 2.75) is 32.3 Å². The van der Waals surface area contributed by atoms with Crippen LogP contribution in [0.2, 0.25) is 0 Å². The molecule has 1 aliphatic heterocycles. The summed E-state index contributed by atoms with van der Waals surface area (Å²) in [5.74, 6) is 0. The molecule has 0 atom stereocenters. The molecule has 4 heteroatoms. The Bertz CT molecular complexity index is 669. The van der Waals surface area contributed by atoms with Gasteiger partial charge in [-0.15, -0.1) is 0 Å². The lowest BCUT2D eigenvalue weighted by Crippen LogP contribution is -2.18. The van der Waals surface area contributed by atoms with Gasteiger partial charge in [0.1, 0.15) is 6.61 Å². The summed E-state index contributed by atoms with van der Waals surface area (Å²) in [4.78, 5) is 4.00. The largest absolute Gasteiger partial charge is 0.460 e. The number of amidine groups is 1. The average Bonchev–Trinajstić information content (AvgIpc) is 2.56. The molecule has 0 saturated carbocycles. The van der Waals surface area contributed by atoms with Crippen LogP contribution in [0.25, 0.3) is 0 Å². The van der Waals surface area contributed by atoms with Gasteiger partial charge in [-0.2, -0.15) is 4.99 Å². The Morgan fingerprint density at radius 2 is 1.55 bits per heavy atom. The van der Waals surface area contributed by atoms with E-state index in [9.17, 15) is 0 Å². The van der Waals surface area contributed by atoms with E-state index in [4.69, 9.17) is 16.2 Å². The van der Waals surface area contributed by atoms with E-state index in [-0.39, 0.29) is 6.02 Å². The SMILES string of the molecule is NC1=Nc2ccc(N)cc2CO1.c1ccc2c(c1)CCCC2. The van der Waals surface area contributed by atoms with E-state index in [1.165, 1.54) is 25.7 Å². The fourth-order valence-corrected chi connectivity index (χ4v) is 2.81. The number of rotatable bonds is 0. The van der Waals surface area contributed by atoms with Gasteiger partial charge in [0, 0.05) is 11.3 Å². The second kappa shape index (κ2) is 6.52. The molecule has 0 amide bonds. The molecule has 0 bridgehead atoms. The molecule has 0 unspecified atom stereocenters. The minimum Gasteiger partial charge on any atom is -0.460 e. The monoisotopic (exact) mass is 295 g/mol. The van der Waals surface area contributed by atoms with Crippen molar-refractivity contribution in [3.8, 4) is 0 Å². The predicted octanol–water partition coefficient (Wildman–Crippen LogP) is 3.31. The molecular formula is C18H21N3O. The zero-order valence-electron chi connectivity index (χ0n) is 12.6. The lowest BCUT2D eigenvalue weighted by Gasteiger charge is -2.13. The molecule has 0 spiro atoms. The van der Waals surface area contributed by atoms with E-state index >= 15 is 0 Å². The van der Waals surface area contributed by atoms with Gasteiger partial charge in [-0.3, -0.25) is 0 Å². The maximum Gasteiger partial charge on any atom is 0.287 e.